The van der Waals surface area contributed by atoms with Gasteiger partial charge in [0, 0.05) is 51.6 Å². The van der Waals surface area contributed by atoms with Crippen molar-refractivity contribution in [2.24, 2.45) is 0 Å². The zero-order valence-electron chi connectivity index (χ0n) is 27.0. The highest BCUT2D eigenvalue weighted by Crippen LogP contribution is 2.33. The summed E-state index contributed by atoms with van der Waals surface area (Å²) in [6.45, 7) is 0. The molecule has 0 saturated carbocycles. The molecule has 9 aromatic rings. The number of benzene rings is 6. The van der Waals surface area contributed by atoms with Gasteiger partial charge in [-0.2, -0.15) is 0 Å². The maximum Gasteiger partial charge on any atom is 0.164 e. The summed E-state index contributed by atoms with van der Waals surface area (Å²) in [5, 5.41) is 3.39. The Labute approximate surface area is 289 Å². The normalized spacial score (nSPS) is 11.2. The Morgan fingerprint density at radius 1 is 0.320 bits per heavy atom. The van der Waals surface area contributed by atoms with Gasteiger partial charge in [-0.1, -0.05) is 146 Å². The third-order valence-electron chi connectivity index (χ3n) is 9.11. The average molecular weight is 640 g/mol. The molecule has 0 bridgehead atoms. The molecule has 6 aromatic carbocycles. The Bertz CT molecular complexity index is 2460. The van der Waals surface area contributed by atoms with E-state index in [-0.39, 0.29) is 0 Å². The molecule has 0 aliphatic carbocycles. The van der Waals surface area contributed by atoms with Crippen molar-refractivity contribution >= 4 is 21.7 Å². The van der Waals surface area contributed by atoms with Crippen LogP contribution in [0.5, 0.6) is 0 Å². The highest BCUT2D eigenvalue weighted by Gasteiger charge is 2.14. The van der Waals surface area contributed by atoms with Crippen molar-refractivity contribution in [2.45, 2.75) is 0 Å². The van der Waals surface area contributed by atoms with Crippen LogP contribution in [0, 0.1) is 0 Å². The van der Waals surface area contributed by atoms with Crippen molar-refractivity contribution in [3.05, 3.63) is 176 Å². The lowest BCUT2D eigenvalue weighted by Gasteiger charge is -2.11. The first-order valence-corrected chi connectivity index (χ1v) is 16.6. The molecule has 5 heteroatoms. The van der Waals surface area contributed by atoms with Gasteiger partial charge in [0.2, 0.25) is 0 Å². The number of hydrogen-bond acceptors (Lipinski definition) is 5. The molecule has 0 aliphatic heterocycles. The number of rotatable bonds is 6. The lowest BCUT2D eigenvalue weighted by Crippen LogP contribution is -2.00. The van der Waals surface area contributed by atoms with Gasteiger partial charge in [0.25, 0.3) is 0 Å². The number of pyridine rings is 2. The van der Waals surface area contributed by atoms with Gasteiger partial charge < -0.3 is 0 Å². The first kappa shape index (κ1) is 29.3. The minimum atomic E-state index is 0.615. The van der Waals surface area contributed by atoms with E-state index in [4.69, 9.17) is 15.0 Å². The Morgan fingerprint density at radius 3 is 1.46 bits per heavy atom. The summed E-state index contributed by atoms with van der Waals surface area (Å²) >= 11 is 0. The third kappa shape index (κ3) is 5.57. The van der Waals surface area contributed by atoms with Gasteiger partial charge >= 0.3 is 0 Å². The number of para-hydroxylation sites is 1. The van der Waals surface area contributed by atoms with Gasteiger partial charge in [0.1, 0.15) is 0 Å². The predicted molar refractivity (Wildman–Crippen MR) is 203 cm³/mol. The van der Waals surface area contributed by atoms with Gasteiger partial charge in [0.15, 0.2) is 17.5 Å². The molecule has 0 unspecified atom stereocenters. The molecule has 0 amide bonds. The Hall–Kier alpha value is -6.85. The van der Waals surface area contributed by atoms with Crippen LogP contribution in [-0.4, -0.2) is 24.9 Å². The van der Waals surface area contributed by atoms with Crippen molar-refractivity contribution in [2.75, 3.05) is 0 Å². The van der Waals surface area contributed by atoms with Gasteiger partial charge in [-0.25, -0.2) is 15.0 Å². The molecule has 5 nitrogen and oxygen atoms in total. The average Bonchev–Trinajstić information content (AvgIpc) is 3.21. The van der Waals surface area contributed by atoms with Gasteiger partial charge in [0.05, 0.1) is 5.52 Å². The van der Waals surface area contributed by atoms with Gasteiger partial charge in [-0.3, -0.25) is 9.97 Å². The highest BCUT2D eigenvalue weighted by molar-refractivity contribution is 5.96. The van der Waals surface area contributed by atoms with Crippen LogP contribution < -0.4 is 0 Å². The first-order chi connectivity index (χ1) is 24.8. The van der Waals surface area contributed by atoms with E-state index in [1.165, 1.54) is 5.56 Å². The van der Waals surface area contributed by atoms with E-state index in [9.17, 15) is 0 Å². The summed E-state index contributed by atoms with van der Waals surface area (Å²) in [6, 6.07) is 54.3. The number of aromatic nitrogens is 5. The van der Waals surface area contributed by atoms with Crippen LogP contribution in [0.2, 0.25) is 0 Å². The van der Waals surface area contributed by atoms with Crippen molar-refractivity contribution in [3.8, 4) is 67.5 Å². The standard InChI is InChI=1S/C45H29N5/c1-2-7-30(8-3-1)31-14-20-36(21-15-31)43-48-44(37-22-16-33(17-23-37)39-12-4-9-32-26-28-46-29-41(32)39)50-45(49-43)38-24-18-34(19-25-38)40-13-5-10-35-11-6-27-47-42(35)40/h1-29H. The summed E-state index contributed by atoms with van der Waals surface area (Å²) in [7, 11) is 0. The quantitative estimate of drug-likeness (QED) is 0.181. The fraction of sp³-hybridized carbons (Fsp3) is 0. The van der Waals surface area contributed by atoms with Crippen LogP contribution in [0.3, 0.4) is 0 Å². The molecule has 0 fully saturated rings. The first-order valence-electron chi connectivity index (χ1n) is 16.6. The molecule has 3 aromatic heterocycles. The molecule has 0 atom stereocenters. The predicted octanol–water partition coefficient (Wildman–Crippen LogP) is 11.0. The largest absolute Gasteiger partial charge is 0.264 e. The summed E-state index contributed by atoms with van der Waals surface area (Å²) in [6.07, 6.45) is 5.59. The van der Waals surface area contributed by atoms with E-state index in [0.29, 0.717) is 17.5 Å². The highest BCUT2D eigenvalue weighted by atomic mass is 15.0. The number of fused-ring (bicyclic) bond motifs is 2. The number of hydrogen-bond donors (Lipinski definition) is 0. The molecule has 3 heterocycles. The summed E-state index contributed by atoms with van der Waals surface area (Å²) in [5.41, 5.74) is 10.5. The van der Waals surface area contributed by atoms with Crippen molar-refractivity contribution < 1.29 is 0 Å². The van der Waals surface area contributed by atoms with E-state index < -0.39 is 0 Å². The van der Waals surface area contributed by atoms with E-state index in [0.717, 1.165) is 66.2 Å². The molecule has 0 spiro atoms. The molecule has 9 rings (SSSR count). The zero-order valence-corrected chi connectivity index (χ0v) is 27.0. The fourth-order valence-corrected chi connectivity index (χ4v) is 6.51. The van der Waals surface area contributed by atoms with Crippen molar-refractivity contribution in [1.29, 1.82) is 0 Å². The third-order valence-corrected chi connectivity index (χ3v) is 9.11. The van der Waals surface area contributed by atoms with E-state index in [1.54, 1.807) is 0 Å². The van der Waals surface area contributed by atoms with Crippen LogP contribution in [-0.2, 0) is 0 Å². The van der Waals surface area contributed by atoms with E-state index >= 15 is 0 Å². The molecule has 0 saturated heterocycles. The second-order valence-electron chi connectivity index (χ2n) is 12.2. The zero-order chi connectivity index (χ0) is 33.3. The summed E-state index contributed by atoms with van der Waals surface area (Å²) in [5.74, 6) is 1.85. The minimum Gasteiger partial charge on any atom is -0.264 e. The molecular formula is C45H29N5. The Morgan fingerprint density at radius 2 is 0.820 bits per heavy atom. The number of nitrogens with zero attached hydrogens (tertiary/aromatic N) is 5. The van der Waals surface area contributed by atoms with Crippen LogP contribution in [0.1, 0.15) is 0 Å². The second kappa shape index (κ2) is 12.6. The topological polar surface area (TPSA) is 64.5 Å². The SMILES string of the molecule is c1ccc(-c2ccc(-c3nc(-c4ccc(-c5cccc6ccncc56)cc4)nc(-c4ccc(-c5cccc6cccnc56)cc4)n3)cc2)cc1. The van der Waals surface area contributed by atoms with Gasteiger partial charge in [-0.15, -0.1) is 0 Å². The van der Waals surface area contributed by atoms with Crippen molar-refractivity contribution in [1.82, 2.24) is 24.9 Å². The maximum absolute atomic E-state index is 5.02. The van der Waals surface area contributed by atoms with Crippen LogP contribution in [0.25, 0.3) is 89.2 Å². The van der Waals surface area contributed by atoms with Crippen LogP contribution in [0.15, 0.2) is 176 Å². The molecule has 0 N–H and O–H groups in total. The lowest BCUT2D eigenvalue weighted by molar-refractivity contribution is 1.07. The van der Waals surface area contributed by atoms with E-state index in [1.807, 2.05) is 36.8 Å². The van der Waals surface area contributed by atoms with Gasteiger partial charge in [-0.05, 0) is 45.3 Å². The monoisotopic (exact) mass is 639 g/mol. The van der Waals surface area contributed by atoms with Crippen LogP contribution >= 0.6 is 0 Å². The lowest BCUT2D eigenvalue weighted by atomic mass is 9.98. The second-order valence-corrected chi connectivity index (χ2v) is 12.2. The van der Waals surface area contributed by atoms with Crippen LogP contribution in [0.4, 0.5) is 0 Å². The molecule has 0 aliphatic rings. The summed E-state index contributed by atoms with van der Waals surface area (Å²) in [4.78, 5) is 24.1. The molecule has 234 valence electrons. The fourth-order valence-electron chi connectivity index (χ4n) is 6.51. The minimum absolute atomic E-state index is 0.615. The molecule has 50 heavy (non-hydrogen) atoms. The smallest absolute Gasteiger partial charge is 0.164 e. The molecule has 0 radical (unpaired) electrons. The summed E-state index contributed by atoms with van der Waals surface area (Å²) < 4.78 is 0. The Balaban J connectivity index is 1.12. The maximum atomic E-state index is 5.02. The molecular weight excluding hydrogens is 611 g/mol. The van der Waals surface area contributed by atoms with E-state index in [2.05, 4.69) is 149 Å². The Kier molecular flexibility index (Phi) is 7.41. The van der Waals surface area contributed by atoms with Crippen molar-refractivity contribution in [3.63, 3.8) is 0 Å².